The van der Waals surface area contributed by atoms with Crippen molar-refractivity contribution in [2.24, 2.45) is 0 Å². The Balaban J connectivity index is 1.98. The number of nitrogens with zero attached hydrogens (tertiary/aromatic N) is 3. The predicted octanol–water partition coefficient (Wildman–Crippen LogP) is 2.60. The van der Waals surface area contributed by atoms with E-state index in [1.165, 1.54) is 12.4 Å². The van der Waals surface area contributed by atoms with Crippen LogP contribution < -0.4 is 11.1 Å². The lowest BCUT2D eigenvalue weighted by Gasteiger charge is -2.28. The number of aromatic nitrogens is 3. The second-order valence-corrected chi connectivity index (χ2v) is 6.00. The second kappa shape index (κ2) is 7.34. The average Bonchev–Trinajstić information content (AvgIpc) is 2.66. The molecule has 2 atom stereocenters. The first-order valence-electron chi connectivity index (χ1n) is 8.16. The van der Waals surface area contributed by atoms with Gasteiger partial charge in [0.05, 0.1) is 6.04 Å². The third-order valence-corrected chi connectivity index (χ3v) is 4.32. The molecule has 0 aliphatic heterocycles. The third-order valence-electron chi connectivity index (χ3n) is 4.32. The molecule has 0 unspecified atom stereocenters. The summed E-state index contributed by atoms with van der Waals surface area (Å²) < 4.78 is 13.7. The lowest BCUT2D eigenvalue weighted by molar-refractivity contribution is 0.425. The van der Waals surface area contributed by atoms with Crippen LogP contribution in [0.15, 0.2) is 12.1 Å². The van der Waals surface area contributed by atoms with E-state index in [0.29, 0.717) is 11.8 Å². The Morgan fingerprint density at radius 2 is 2.00 bits per heavy atom. The van der Waals surface area contributed by atoms with Crippen LogP contribution in [-0.2, 0) is 6.42 Å². The summed E-state index contributed by atoms with van der Waals surface area (Å²) >= 11 is 0. The second-order valence-electron chi connectivity index (χ2n) is 6.00. The van der Waals surface area contributed by atoms with Crippen LogP contribution in [-0.4, -0.2) is 33.6 Å². The summed E-state index contributed by atoms with van der Waals surface area (Å²) in [4.78, 5) is 11.8. The van der Waals surface area contributed by atoms with Crippen LogP contribution >= 0.6 is 0 Å². The van der Waals surface area contributed by atoms with Crippen molar-refractivity contribution in [3.05, 3.63) is 40.2 Å². The number of hydrogen-bond acceptors (Lipinski definition) is 8. The van der Waals surface area contributed by atoms with E-state index in [0.717, 1.165) is 36.0 Å². The largest absolute Gasteiger partial charge is 0.368 e. The molecule has 3 rings (SSSR count). The zero-order valence-corrected chi connectivity index (χ0v) is 14.0. The van der Waals surface area contributed by atoms with Crippen LogP contribution in [0.4, 0.5) is 16.3 Å². The van der Waals surface area contributed by atoms with Gasteiger partial charge in [0, 0.05) is 18.6 Å². The Bertz CT molecular complexity index is 866. The normalized spacial score (nSPS) is 17.0. The van der Waals surface area contributed by atoms with Crippen molar-refractivity contribution in [3.63, 3.8) is 0 Å². The van der Waals surface area contributed by atoms with E-state index in [4.69, 9.17) is 22.0 Å². The van der Waals surface area contributed by atoms with Gasteiger partial charge in [0.25, 0.3) is 0 Å². The monoisotopic (exact) mass is 354 g/mol. The first kappa shape index (κ1) is 17.6. The molecule has 1 aliphatic rings. The molecule has 1 aromatic heterocycles. The van der Waals surface area contributed by atoms with E-state index in [-0.39, 0.29) is 23.8 Å². The maximum atomic E-state index is 13.7. The Morgan fingerprint density at radius 1 is 1.19 bits per heavy atom. The van der Waals surface area contributed by atoms with Crippen LogP contribution in [0, 0.1) is 16.2 Å². The highest BCUT2D eigenvalue weighted by Crippen LogP contribution is 2.34. The van der Waals surface area contributed by atoms with E-state index >= 15 is 0 Å². The topological polar surface area (TPSA) is 148 Å². The molecule has 0 saturated carbocycles. The number of nitrogens with one attached hydrogen (secondary N) is 4. The van der Waals surface area contributed by atoms with E-state index < -0.39 is 6.17 Å². The average molecular weight is 354 g/mol. The minimum absolute atomic E-state index is 0.119. The summed E-state index contributed by atoms with van der Waals surface area (Å²) in [6, 6.07) is 3.58. The van der Waals surface area contributed by atoms with Crippen LogP contribution in [0.25, 0.3) is 0 Å². The zero-order valence-electron chi connectivity index (χ0n) is 14.0. The van der Waals surface area contributed by atoms with Crippen LogP contribution in [0.5, 0.6) is 0 Å². The molecular weight excluding hydrogens is 335 g/mol. The summed E-state index contributed by atoms with van der Waals surface area (Å²) in [6.07, 6.45) is 3.96. The molecule has 134 valence electrons. The van der Waals surface area contributed by atoms with E-state index in [1.807, 2.05) is 12.1 Å². The van der Waals surface area contributed by atoms with Gasteiger partial charge in [0.1, 0.15) is 0 Å². The number of rotatable bonds is 6. The molecule has 0 radical (unpaired) electrons. The number of halogens is 1. The van der Waals surface area contributed by atoms with Gasteiger partial charge in [0.15, 0.2) is 12.0 Å². The Kier molecular flexibility index (Phi) is 4.97. The van der Waals surface area contributed by atoms with Gasteiger partial charge in [-0.2, -0.15) is 15.0 Å². The Hall–Kier alpha value is -3.23. The SMILES string of the molecule is N=Cc1cc(C=N)c2c(c1)[C@H](Nc1nc(N)nc([C@H](F)C=N)n1)CCC2. The third kappa shape index (κ3) is 3.41. The fourth-order valence-electron chi connectivity index (χ4n) is 3.17. The number of anilines is 2. The van der Waals surface area contributed by atoms with Crippen LogP contribution in [0.1, 0.15) is 53.1 Å². The number of alkyl halides is 1. The minimum atomic E-state index is -1.74. The maximum Gasteiger partial charge on any atom is 0.228 e. The highest BCUT2D eigenvalue weighted by atomic mass is 19.1. The van der Waals surface area contributed by atoms with Gasteiger partial charge in [-0.1, -0.05) is 0 Å². The highest BCUT2D eigenvalue weighted by Gasteiger charge is 2.24. The summed E-state index contributed by atoms with van der Waals surface area (Å²) in [5.74, 6) is -0.183. The molecule has 0 spiro atoms. The summed E-state index contributed by atoms with van der Waals surface area (Å²) in [5, 5.41) is 25.3. The minimum Gasteiger partial charge on any atom is -0.368 e. The number of nitrogens with two attached hydrogens (primary N) is 1. The van der Waals surface area contributed by atoms with E-state index in [2.05, 4.69) is 20.3 Å². The summed E-state index contributed by atoms with van der Waals surface area (Å²) in [6.45, 7) is 0. The van der Waals surface area contributed by atoms with E-state index in [1.54, 1.807) is 0 Å². The standard InChI is InChI=1S/C17H19FN8/c18-13(8-21)15-24-16(22)26-17(25-15)23-14-3-1-2-11-10(7-20)4-9(6-19)5-12(11)14/h4-8,13-14,19-21H,1-3H2,(H3,22,23,24,25,26)/t13-,14-/m1/s1. The molecule has 1 aromatic carbocycles. The van der Waals surface area contributed by atoms with Crippen molar-refractivity contribution in [2.75, 3.05) is 11.1 Å². The van der Waals surface area contributed by atoms with Gasteiger partial charge in [-0.15, -0.1) is 0 Å². The van der Waals surface area contributed by atoms with Crippen molar-refractivity contribution >= 4 is 30.5 Å². The van der Waals surface area contributed by atoms with Crippen molar-refractivity contribution in [1.29, 1.82) is 16.2 Å². The van der Waals surface area contributed by atoms with Crippen molar-refractivity contribution in [2.45, 2.75) is 31.5 Å². The first-order valence-corrected chi connectivity index (χ1v) is 8.16. The van der Waals surface area contributed by atoms with Crippen molar-refractivity contribution in [1.82, 2.24) is 15.0 Å². The predicted molar refractivity (Wildman–Crippen MR) is 98.4 cm³/mol. The van der Waals surface area contributed by atoms with Crippen LogP contribution in [0.2, 0.25) is 0 Å². The van der Waals surface area contributed by atoms with Gasteiger partial charge in [-0.25, -0.2) is 4.39 Å². The molecule has 26 heavy (non-hydrogen) atoms. The fourth-order valence-corrected chi connectivity index (χ4v) is 3.17. The van der Waals surface area contributed by atoms with E-state index in [9.17, 15) is 4.39 Å². The quantitative estimate of drug-likeness (QED) is 0.506. The molecule has 0 saturated heterocycles. The smallest absolute Gasteiger partial charge is 0.228 e. The molecule has 1 heterocycles. The molecule has 6 N–H and O–H groups in total. The van der Waals surface area contributed by atoms with Gasteiger partial charge in [-0.3, -0.25) is 0 Å². The molecule has 0 amide bonds. The van der Waals surface area contributed by atoms with Gasteiger partial charge >= 0.3 is 0 Å². The Labute approximate surface area is 149 Å². The number of nitrogen functional groups attached to an aromatic ring is 1. The number of benzene rings is 1. The zero-order chi connectivity index (χ0) is 18.7. The van der Waals surface area contributed by atoms with Crippen LogP contribution in [0.3, 0.4) is 0 Å². The Morgan fingerprint density at radius 3 is 2.69 bits per heavy atom. The summed E-state index contributed by atoms with van der Waals surface area (Å²) in [7, 11) is 0. The molecule has 0 bridgehead atoms. The molecule has 8 nitrogen and oxygen atoms in total. The molecular formula is C17H19FN8. The lowest BCUT2D eigenvalue weighted by Crippen LogP contribution is -2.21. The number of hydrogen-bond donors (Lipinski definition) is 5. The van der Waals surface area contributed by atoms with Gasteiger partial charge in [0.2, 0.25) is 11.9 Å². The molecule has 1 aliphatic carbocycles. The van der Waals surface area contributed by atoms with Crippen molar-refractivity contribution in [3.8, 4) is 0 Å². The lowest BCUT2D eigenvalue weighted by atomic mass is 9.84. The molecule has 9 heteroatoms. The highest BCUT2D eigenvalue weighted by molar-refractivity contribution is 5.86. The number of fused-ring (bicyclic) bond motifs is 1. The fraction of sp³-hybridized carbons (Fsp3) is 0.294. The molecule has 2 aromatic rings. The van der Waals surface area contributed by atoms with Crippen molar-refractivity contribution < 1.29 is 4.39 Å². The molecule has 0 fully saturated rings. The van der Waals surface area contributed by atoms with Gasteiger partial charge in [-0.05, 0) is 53.6 Å². The first-order chi connectivity index (χ1) is 12.5. The van der Waals surface area contributed by atoms with Gasteiger partial charge < -0.3 is 27.3 Å². The maximum absolute atomic E-state index is 13.7. The summed E-state index contributed by atoms with van der Waals surface area (Å²) in [5.41, 5.74) is 9.16.